The van der Waals surface area contributed by atoms with Crippen molar-refractivity contribution >= 4 is 5.91 Å². The average Bonchev–Trinajstić information content (AvgIpc) is 2.96. The lowest BCUT2D eigenvalue weighted by atomic mass is 10.2. The minimum absolute atomic E-state index is 0.0662. The van der Waals surface area contributed by atoms with Gasteiger partial charge in [-0.25, -0.2) is 0 Å². The maximum absolute atomic E-state index is 12.6. The molecule has 0 radical (unpaired) electrons. The highest BCUT2D eigenvalue weighted by Gasteiger charge is 2.13. The molecule has 0 aromatic heterocycles. The van der Waals surface area contributed by atoms with Crippen LogP contribution in [0.1, 0.15) is 41.6 Å². The number of para-hydroxylation sites is 1. The van der Waals surface area contributed by atoms with E-state index in [1.807, 2.05) is 54.6 Å². The largest absolute Gasteiger partial charge is 0.488 e. The fraction of sp³-hybridized carbons (Fsp3) is 0.409. The van der Waals surface area contributed by atoms with Crippen molar-refractivity contribution in [3.05, 3.63) is 65.7 Å². The molecule has 138 valence electrons. The maximum Gasteiger partial charge on any atom is 0.255 e. The highest BCUT2D eigenvalue weighted by atomic mass is 16.5. The zero-order chi connectivity index (χ0) is 18.0. The van der Waals surface area contributed by atoms with E-state index < -0.39 is 0 Å². The van der Waals surface area contributed by atoms with Gasteiger partial charge in [-0.3, -0.25) is 4.79 Å². The lowest BCUT2D eigenvalue weighted by Crippen LogP contribution is -2.35. The van der Waals surface area contributed by atoms with Crippen molar-refractivity contribution in [2.24, 2.45) is 0 Å². The van der Waals surface area contributed by atoms with Crippen LogP contribution in [-0.4, -0.2) is 37.0 Å². The van der Waals surface area contributed by atoms with Gasteiger partial charge in [0, 0.05) is 13.1 Å². The molecule has 0 aliphatic carbocycles. The van der Waals surface area contributed by atoms with E-state index in [0.29, 0.717) is 24.5 Å². The number of carbonyl (C=O) groups excluding carboxylic acids is 1. The molecule has 1 aliphatic heterocycles. The number of hydrogen-bond acceptors (Lipinski definition) is 3. The molecule has 1 aliphatic rings. The Morgan fingerprint density at radius 3 is 2.38 bits per heavy atom. The summed E-state index contributed by atoms with van der Waals surface area (Å²) in [7, 11) is 0. The van der Waals surface area contributed by atoms with Crippen LogP contribution in [0.4, 0.5) is 0 Å². The van der Waals surface area contributed by atoms with Gasteiger partial charge in [0.2, 0.25) is 0 Å². The number of hydrogen-bond donors (Lipinski definition) is 1. The molecule has 1 N–H and O–H groups in total. The number of rotatable bonds is 7. The Labute approximate surface area is 156 Å². The zero-order valence-corrected chi connectivity index (χ0v) is 15.3. The van der Waals surface area contributed by atoms with Crippen molar-refractivity contribution in [3.63, 3.8) is 0 Å². The zero-order valence-electron chi connectivity index (χ0n) is 15.3. The number of nitrogens with one attached hydrogen (secondary N) is 1. The Morgan fingerprint density at radius 1 is 0.923 bits per heavy atom. The molecular weight excluding hydrogens is 324 g/mol. The van der Waals surface area contributed by atoms with Crippen molar-refractivity contribution < 1.29 is 9.53 Å². The first kappa shape index (κ1) is 18.5. The Hall–Kier alpha value is -2.33. The fourth-order valence-electron chi connectivity index (χ4n) is 3.30. The van der Waals surface area contributed by atoms with Gasteiger partial charge < -0.3 is 15.0 Å². The molecular formula is C22H28N2O2. The molecule has 4 heteroatoms. The fourth-order valence-corrected chi connectivity index (χ4v) is 3.30. The Morgan fingerprint density at radius 2 is 1.62 bits per heavy atom. The summed E-state index contributed by atoms with van der Waals surface area (Å²) in [4.78, 5) is 15.0. The second-order valence-corrected chi connectivity index (χ2v) is 6.78. The summed E-state index contributed by atoms with van der Waals surface area (Å²) < 4.78 is 5.89. The number of nitrogens with zero attached hydrogens (tertiary/aromatic N) is 1. The predicted octanol–water partition coefficient (Wildman–Crippen LogP) is 3.87. The third-order valence-electron chi connectivity index (χ3n) is 4.78. The molecule has 26 heavy (non-hydrogen) atoms. The summed E-state index contributed by atoms with van der Waals surface area (Å²) >= 11 is 0. The summed E-state index contributed by atoms with van der Waals surface area (Å²) in [5.74, 6) is 0.562. The van der Waals surface area contributed by atoms with Crippen molar-refractivity contribution in [1.82, 2.24) is 10.2 Å². The Kier molecular flexibility index (Phi) is 7.08. The van der Waals surface area contributed by atoms with Crippen LogP contribution in [0.3, 0.4) is 0 Å². The minimum Gasteiger partial charge on any atom is -0.488 e. The van der Waals surface area contributed by atoms with Gasteiger partial charge in [-0.15, -0.1) is 0 Å². The van der Waals surface area contributed by atoms with Crippen LogP contribution in [0.25, 0.3) is 0 Å². The quantitative estimate of drug-likeness (QED) is 0.822. The summed E-state index contributed by atoms with van der Waals surface area (Å²) in [6.45, 7) is 4.34. The molecule has 1 fully saturated rings. The topological polar surface area (TPSA) is 41.6 Å². The minimum atomic E-state index is -0.0662. The highest BCUT2D eigenvalue weighted by molar-refractivity contribution is 5.96. The Bertz CT molecular complexity index is 680. The monoisotopic (exact) mass is 352 g/mol. The molecule has 1 heterocycles. The first-order chi connectivity index (χ1) is 12.8. The summed E-state index contributed by atoms with van der Waals surface area (Å²) in [6.07, 6.45) is 5.19. The third-order valence-corrected chi connectivity index (χ3v) is 4.78. The van der Waals surface area contributed by atoms with Gasteiger partial charge >= 0.3 is 0 Å². The van der Waals surface area contributed by atoms with Gasteiger partial charge in [-0.2, -0.15) is 0 Å². The molecule has 2 aromatic rings. The van der Waals surface area contributed by atoms with E-state index >= 15 is 0 Å². The molecule has 0 spiro atoms. The second kappa shape index (κ2) is 9.97. The van der Waals surface area contributed by atoms with E-state index in [9.17, 15) is 4.79 Å². The molecule has 0 unspecified atom stereocenters. The number of likely N-dealkylation sites (tertiary alicyclic amines) is 1. The summed E-state index contributed by atoms with van der Waals surface area (Å²) in [5.41, 5.74) is 1.68. The van der Waals surface area contributed by atoms with Gasteiger partial charge in [0.05, 0.1) is 5.56 Å². The molecule has 1 amide bonds. The molecule has 0 atom stereocenters. The molecule has 3 rings (SSSR count). The first-order valence-corrected chi connectivity index (χ1v) is 9.59. The lowest BCUT2D eigenvalue weighted by Gasteiger charge is -2.20. The molecule has 1 saturated heterocycles. The molecule has 0 saturated carbocycles. The molecule has 4 nitrogen and oxygen atoms in total. The average molecular weight is 352 g/mol. The maximum atomic E-state index is 12.6. The van der Waals surface area contributed by atoms with E-state index in [2.05, 4.69) is 10.2 Å². The summed E-state index contributed by atoms with van der Waals surface area (Å²) in [5, 5.41) is 3.04. The number of ether oxygens (including phenoxy) is 1. The number of carbonyl (C=O) groups is 1. The van der Waals surface area contributed by atoms with Gasteiger partial charge in [0.25, 0.3) is 5.91 Å². The molecule has 0 bridgehead atoms. The standard InChI is InChI=1S/C22H28N2O2/c25-22(23-14-17-24-15-8-1-2-9-16-24)20-12-6-7-13-21(20)26-18-19-10-4-3-5-11-19/h3-7,10-13H,1-2,8-9,14-18H2,(H,23,25). The third kappa shape index (κ3) is 5.60. The van der Waals surface area contributed by atoms with Crippen LogP contribution < -0.4 is 10.1 Å². The van der Waals surface area contributed by atoms with Crippen LogP contribution >= 0.6 is 0 Å². The van der Waals surface area contributed by atoms with Crippen molar-refractivity contribution in [2.45, 2.75) is 32.3 Å². The van der Waals surface area contributed by atoms with E-state index in [0.717, 1.165) is 25.2 Å². The summed E-state index contributed by atoms with van der Waals surface area (Å²) in [6, 6.07) is 17.4. The predicted molar refractivity (Wildman–Crippen MR) is 104 cm³/mol. The normalized spacial score (nSPS) is 15.2. The highest BCUT2D eigenvalue weighted by Crippen LogP contribution is 2.19. The van der Waals surface area contributed by atoms with E-state index in [1.54, 1.807) is 0 Å². The van der Waals surface area contributed by atoms with E-state index in [1.165, 1.54) is 25.7 Å². The second-order valence-electron chi connectivity index (χ2n) is 6.78. The van der Waals surface area contributed by atoms with Crippen LogP contribution in [0.5, 0.6) is 5.75 Å². The van der Waals surface area contributed by atoms with Crippen molar-refractivity contribution in [3.8, 4) is 5.75 Å². The van der Waals surface area contributed by atoms with E-state index in [-0.39, 0.29) is 5.91 Å². The van der Waals surface area contributed by atoms with Gasteiger partial charge in [-0.05, 0) is 43.6 Å². The lowest BCUT2D eigenvalue weighted by molar-refractivity contribution is 0.0944. The number of amides is 1. The van der Waals surface area contributed by atoms with Crippen LogP contribution in [0, 0.1) is 0 Å². The van der Waals surface area contributed by atoms with Gasteiger partial charge in [-0.1, -0.05) is 55.3 Å². The first-order valence-electron chi connectivity index (χ1n) is 9.59. The molecule has 2 aromatic carbocycles. The number of benzene rings is 2. The van der Waals surface area contributed by atoms with Crippen LogP contribution in [-0.2, 0) is 6.61 Å². The van der Waals surface area contributed by atoms with Gasteiger partial charge in [0.1, 0.15) is 12.4 Å². The smallest absolute Gasteiger partial charge is 0.255 e. The SMILES string of the molecule is O=C(NCCN1CCCCCC1)c1ccccc1OCc1ccccc1. The van der Waals surface area contributed by atoms with Crippen LogP contribution in [0.2, 0.25) is 0 Å². The van der Waals surface area contributed by atoms with Crippen molar-refractivity contribution in [2.75, 3.05) is 26.2 Å². The van der Waals surface area contributed by atoms with Crippen molar-refractivity contribution in [1.29, 1.82) is 0 Å². The van der Waals surface area contributed by atoms with Crippen LogP contribution in [0.15, 0.2) is 54.6 Å². The van der Waals surface area contributed by atoms with E-state index in [4.69, 9.17) is 4.74 Å². The Balaban J connectivity index is 1.52. The van der Waals surface area contributed by atoms with Gasteiger partial charge in [0.15, 0.2) is 0 Å².